The molecular weight excluding hydrogens is 238 g/mol. The van der Waals surface area contributed by atoms with E-state index in [1.54, 1.807) is 0 Å². The highest BCUT2D eigenvalue weighted by atomic mass is 16.5. The Bertz CT molecular complexity index is 259. The van der Waals surface area contributed by atoms with Crippen LogP contribution in [0.2, 0.25) is 0 Å². The molecule has 0 radical (unpaired) electrons. The van der Waals surface area contributed by atoms with Crippen LogP contribution in [-0.4, -0.2) is 25.2 Å². The van der Waals surface area contributed by atoms with Crippen molar-refractivity contribution in [1.29, 1.82) is 0 Å². The number of esters is 1. The Morgan fingerprint density at radius 1 is 1.26 bits per heavy atom. The number of rotatable bonds is 7. The minimum absolute atomic E-state index is 0.106. The lowest BCUT2D eigenvalue weighted by atomic mass is 9.83. The van der Waals surface area contributed by atoms with Gasteiger partial charge in [-0.2, -0.15) is 0 Å². The fourth-order valence-corrected chi connectivity index (χ4v) is 3.11. The van der Waals surface area contributed by atoms with Crippen molar-refractivity contribution in [3.8, 4) is 0 Å². The maximum absolute atomic E-state index is 11.9. The first-order valence-corrected chi connectivity index (χ1v) is 7.96. The third kappa shape index (κ3) is 5.13. The zero-order chi connectivity index (χ0) is 14.3. The minimum atomic E-state index is -0.136. The van der Waals surface area contributed by atoms with Gasteiger partial charge in [0.05, 0.1) is 7.11 Å². The van der Waals surface area contributed by atoms with Gasteiger partial charge < -0.3 is 10.1 Å². The Morgan fingerprint density at radius 3 is 2.37 bits per heavy atom. The quantitative estimate of drug-likeness (QED) is 0.719. The molecule has 0 amide bonds. The lowest BCUT2D eigenvalue weighted by molar-refractivity contribution is -0.144. The molecule has 3 nitrogen and oxygen atoms in total. The fraction of sp³-hybridized carbons (Fsp3) is 0.938. The highest BCUT2D eigenvalue weighted by Gasteiger charge is 2.29. The summed E-state index contributed by atoms with van der Waals surface area (Å²) in [5.74, 6) is 1.13. The van der Waals surface area contributed by atoms with Gasteiger partial charge in [-0.1, -0.05) is 40.0 Å². The lowest BCUT2D eigenvalue weighted by Crippen LogP contribution is -2.48. The van der Waals surface area contributed by atoms with Crippen molar-refractivity contribution >= 4 is 5.97 Å². The normalized spacial score (nSPS) is 26.7. The molecule has 0 heterocycles. The van der Waals surface area contributed by atoms with Crippen molar-refractivity contribution in [3.63, 3.8) is 0 Å². The van der Waals surface area contributed by atoms with E-state index in [0.717, 1.165) is 12.3 Å². The number of hydrogen-bond donors (Lipinski definition) is 1. The predicted octanol–water partition coefficient (Wildman–Crippen LogP) is 3.52. The average molecular weight is 269 g/mol. The average Bonchev–Trinajstić information content (AvgIpc) is 2.45. The lowest BCUT2D eigenvalue weighted by Gasteiger charge is -2.33. The van der Waals surface area contributed by atoms with Crippen molar-refractivity contribution < 1.29 is 9.53 Å². The van der Waals surface area contributed by atoms with Gasteiger partial charge in [-0.25, -0.2) is 0 Å². The third-order valence-corrected chi connectivity index (χ3v) is 4.63. The number of nitrogens with one attached hydrogen (secondary N) is 1. The van der Waals surface area contributed by atoms with Gasteiger partial charge in [-0.15, -0.1) is 0 Å². The summed E-state index contributed by atoms with van der Waals surface area (Å²) in [4.78, 5) is 11.9. The van der Waals surface area contributed by atoms with E-state index in [-0.39, 0.29) is 12.0 Å². The van der Waals surface area contributed by atoms with Gasteiger partial charge in [0.2, 0.25) is 0 Å². The zero-order valence-corrected chi connectivity index (χ0v) is 13.1. The standard InChI is InChI=1S/C16H31NO2/c1-5-7-13-8-10-14(11-9-13)17-15(12(3)6-2)16(18)19-4/h12-15,17H,5-11H2,1-4H3. The highest BCUT2D eigenvalue weighted by molar-refractivity contribution is 5.76. The van der Waals surface area contributed by atoms with Gasteiger partial charge >= 0.3 is 5.97 Å². The van der Waals surface area contributed by atoms with Crippen LogP contribution in [0.1, 0.15) is 65.7 Å². The summed E-state index contributed by atoms with van der Waals surface area (Å²) in [7, 11) is 1.48. The van der Waals surface area contributed by atoms with Crippen LogP contribution in [0.5, 0.6) is 0 Å². The number of hydrogen-bond acceptors (Lipinski definition) is 3. The molecule has 1 rings (SSSR count). The molecule has 0 aliphatic heterocycles. The Morgan fingerprint density at radius 2 is 1.89 bits per heavy atom. The molecule has 0 bridgehead atoms. The molecule has 2 unspecified atom stereocenters. The largest absolute Gasteiger partial charge is 0.468 e. The Hall–Kier alpha value is -0.570. The van der Waals surface area contributed by atoms with E-state index in [2.05, 4.69) is 26.1 Å². The van der Waals surface area contributed by atoms with Crippen LogP contribution in [0, 0.1) is 11.8 Å². The molecule has 0 spiro atoms. The molecule has 0 aromatic carbocycles. The van der Waals surface area contributed by atoms with Crippen molar-refractivity contribution in [2.45, 2.75) is 77.8 Å². The first kappa shape index (κ1) is 16.5. The van der Waals surface area contributed by atoms with E-state index in [1.807, 2.05) is 0 Å². The maximum atomic E-state index is 11.9. The summed E-state index contributed by atoms with van der Waals surface area (Å²) in [6.45, 7) is 6.51. The number of carbonyl (C=O) groups is 1. The maximum Gasteiger partial charge on any atom is 0.323 e. The van der Waals surface area contributed by atoms with E-state index in [9.17, 15) is 4.79 Å². The monoisotopic (exact) mass is 269 g/mol. The molecule has 0 aromatic rings. The molecule has 19 heavy (non-hydrogen) atoms. The third-order valence-electron chi connectivity index (χ3n) is 4.63. The van der Waals surface area contributed by atoms with Crippen molar-refractivity contribution in [2.75, 3.05) is 7.11 Å². The fourth-order valence-electron chi connectivity index (χ4n) is 3.11. The van der Waals surface area contributed by atoms with Crippen LogP contribution in [0.25, 0.3) is 0 Å². The van der Waals surface area contributed by atoms with E-state index in [0.29, 0.717) is 12.0 Å². The number of carbonyl (C=O) groups excluding carboxylic acids is 1. The second-order valence-electron chi connectivity index (χ2n) is 6.06. The van der Waals surface area contributed by atoms with Crippen molar-refractivity contribution in [3.05, 3.63) is 0 Å². The topological polar surface area (TPSA) is 38.3 Å². The summed E-state index contributed by atoms with van der Waals surface area (Å²) in [6.07, 6.45) is 8.67. The summed E-state index contributed by atoms with van der Waals surface area (Å²) < 4.78 is 4.94. The molecular formula is C16H31NO2. The van der Waals surface area contributed by atoms with E-state index in [4.69, 9.17) is 4.74 Å². The summed E-state index contributed by atoms with van der Waals surface area (Å²) in [5.41, 5.74) is 0. The molecule has 3 heteroatoms. The first-order chi connectivity index (χ1) is 9.12. The van der Waals surface area contributed by atoms with Crippen LogP contribution in [0.4, 0.5) is 0 Å². The van der Waals surface area contributed by atoms with Crippen LogP contribution in [-0.2, 0) is 9.53 Å². The van der Waals surface area contributed by atoms with Crippen molar-refractivity contribution in [1.82, 2.24) is 5.32 Å². The van der Waals surface area contributed by atoms with Gasteiger partial charge in [0.1, 0.15) is 6.04 Å². The summed E-state index contributed by atoms with van der Waals surface area (Å²) in [6, 6.07) is 0.355. The minimum Gasteiger partial charge on any atom is -0.468 e. The molecule has 0 saturated heterocycles. The van der Waals surface area contributed by atoms with Gasteiger partial charge in [-0.05, 0) is 37.5 Å². The summed E-state index contributed by atoms with van der Waals surface area (Å²) >= 11 is 0. The molecule has 0 aromatic heterocycles. The smallest absolute Gasteiger partial charge is 0.323 e. The van der Waals surface area contributed by atoms with Crippen LogP contribution >= 0.6 is 0 Å². The van der Waals surface area contributed by atoms with E-state index < -0.39 is 0 Å². The van der Waals surface area contributed by atoms with Crippen LogP contribution < -0.4 is 5.32 Å². The second kappa shape index (κ2) is 8.57. The Kier molecular flexibility index (Phi) is 7.44. The van der Waals surface area contributed by atoms with E-state index >= 15 is 0 Å². The molecule has 2 atom stereocenters. The first-order valence-electron chi connectivity index (χ1n) is 7.96. The Labute approximate surface area is 118 Å². The zero-order valence-electron chi connectivity index (χ0n) is 13.1. The summed E-state index contributed by atoms with van der Waals surface area (Å²) in [5, 5.41) is 3.55. The van der Waals surface area contributed by atoms with Gasteiger partial charge in [0.25, 0.3) is 0 Å². The molecule has 112 valence electrons. The predicted molar refractivity (Wildman–Crippen MR) is 79.0 cm³/mol. The SMILES string of the molecule is CCCC1CCC(NC(C(=O)OC)C(C)CC)CC1. The molecule has 1 saturated carbocycles. The van der Waals surface area contributed by atoms with Crippen molar-refractivity contribution in [2.24, 2.45) is 11.8 Å². The number of ether oxygens (including phenoxy) is 1. The van der Waals surface area contributed by atoms with Gasteiger partial charge in [0, 0.05) is 6.04 Å². The molecule has 1 aliphatic rings. The van der Waals surface area contributed by atoms with Gasteiger partial charge in [0.15, 0.2) is 0 Å². The second-order valence-corrected chi connectivity index (χ2v) is 6.06. The number of methoxy groups -OCH3 is 1. The molecule has 1 fully saturated rings. The van der Waals surface area contributed by atoms with Gasteiger partial charge in [-0.3, -0.25) is 4.79 Å². The van der Waals surface area contributed by atoms with Crippen LogP contribution in [0.3, 0.4) is 0 Å². The van der Waals surface area contributed by atoms with E-state index in [1.165, 1.54) is 45.6 Å². The molecule has 1 N–H and O–H groups in total. The molecule has 1 aliphatic carbocycles. The highest BCUT2D eigenvalue weighted by Crippen LogP contribution is 2.28. The Balaban J connectivity index is 2.45. The van der Waals surface area contributed by atoms with Crippen LogP contribution in [0.15, 0.2) is 0 Å².